The minimum atomic E-state index is -0.136. The monoisotopic (exact) mass is 288 g/mol. The molecule has 4 heteroatoms. The van der Waals surface area contributed by atoms with Gasteiger partial charge in [-0.15, -0.1) is 0 Å². The maximum Gasteiger partial charge on any atom is 0.319 e. The van der Waals surface area contributed by atoms with E-state index >= 15 is 0 Å². The fourth-order valence-corrected chi connectivity index (χ4v) is 2.62. The molecule has 0 atom stereocenters. The van der Waals surface area contributed by atoms with Crippen LogP contribution < -0.4 is 10.6 Å². The maximum absolute atomic E-state index is 11.8. The normalized spacial score (nSPS) is 10.2. The van der Waals surface area contributed by atoms with Crippen LogP contribution in [0.4, 0.5) is 10.5 Å². The Balaban J connectivity index is 1.90. The number of anilines is 1. The predicted molar refractivity (Wildman–Crippen MR) is 86.3 cm³/mol. The first kappa shape index (κ1) is 14.6. The molecule has 0 aliphatic carbocycles. The topological polar surface area (TPSA) is 41.1 Å². The quantitative estimate of drug-likeness (QED) is 0.741. The summed E-state index contributed by atoms with van der Waals surface area (Å²) in [4.78, 5) is 11.8. The van der Waals surface area contributed by atoms with Gasteiger partial charge in [-0.25, -0.2) is 4.79 Å². The Bertz CT molecular complexity index is 537. The van der Waals surface area contributed by atoms with Gasteiger partial charge in [-0.1, -0.05) is 31.9 Å². The first-order chi connectivity index (χ1) is 9.79. The smallest absolute Gasteiger partial charge is 0.319 e. The second kappa shape index (κ2) is 7.70. The maximum atomic E-state index is 11.8. The van der Waals surface area contributed by atoms with Gasteiger partial charge in [0.05, 0.1) is 0 Å². The minimum absolute atomic E-state index is 0.136. The summed E-state index contributed by atoms with van der Waals surface area (Å²) in [5.74, 6) is 0. The summed E-state index contributed by atoms with van der Waals surface area (Å²) in [5, 5.41) is 9.90. The summed E-state index contributed by atoms with van der Waals surface area (Å²) in [7, 11) is 0. The molecule has 2 N–H and O–H groups in total. The van der Waals surface area contributed by atoms with Crippen LogP contribution in [0.25, 0.3) is 11.1 Å². The van der Waals surface area contributed by atoms with Crippen molar-refractivity contribution in [2.45, 2.75) is 26.2 Å². The minimum Gasteiger partial charge on any atom is -0.338 e. The van der Waals surface area contributed by atoms with Gasteiger partial charge in [0, 0.05) is 12.2 Å². The van der Waals surface area contributed by atoms with E-state index in [2.05, 4.69) is 34.4 Å². The third kappa shape index (κ3) is 4.38. The molecule has 0 radical (unpaired) electrons. The summed E-state index contributed by atoms with van der Waals surface area (Å²) >= 11 is 1.67. The van der Waals surface area contributed by atoms with Crippen molar-refractivity contribution in [1.82, 2.24) is 5.32 Å². The van der Waals surface area contributed by atoms with Crippen molar-refractivity contribution < 1.29 is 4.79 Å². The summed E-state index contributed by atoms with van der Waals surface area (Å²) in [6.45, 7) is 2.87. The molecule has 0 spiro atoms. The van der Waals surface area contributed by atoms with Crippen molar-refractivity contribution in [3.05, 3.63) is 41.1 Å². The van der Waals surface area contributed by atoms with Crippen LogP contribution in [0.1, 0.15) is 26.2 Å². The molecule has 2 rings (SSSR count). The summed E-state index contributed by atoms with van der Waals surface area (Å²) < 4.78 is 0. The molecule has 0 fully saturated rings. The molecule has 0 unspecified atom stereocenters. The highest BCUT2D eigenvalue weighted by Crippen LogP contribution is 2.24. The highest BCUT2D eigenvalue weighted by molar-refractivity contribution is 7.08. The molecule has 0 bridgehead atoms. The molecular formula is C16H20N2OS. The van der Waals surface area contributed by atoms with Gasteiger partial charge in [-0.3, -0.25) is 0 Å². The second-order valence-corrected chi connectivity index (χ2v) is 5.46. The van der Waals surface area contributed by atoms with Crippen molar-refractivity contribution in [1.29, 1.82) is 0 Å². The van der Waals surface area contributed by atoms with Crippen LogP contribution in [0.15, 0.2) is 41.1 Å². The molecule has 0 aliphatic heterocycles. The van der Waals surface area contributed by atoms with E-state index in [9.17, 15) is 4.79 Å². The molecule has 1 aromatic carbocycles. The number of thiophene rings is 1. The number of carbonyl (C=O) groups excluding carboxylic acids is 1. The van der Waals surface area contributed by atoms with Gasteiger partial charge in [-0.05, 0) is 46.5 Å². The Hall–Kier alpha value is -1.81. The van der Waals surface area contributed by atoms with Crippen LogP contribution >= 0.6 is 11.3 Å². The molecule has 3 nitrogen and oxygen atoms in total. The molecule has 20 heavy (non-hydrogen) atoms. The Morgan fingerprint density at radius 3 is 2.85 bits per heavy atom. The average molecular weight is 288 g/mol. The van der Waals surface area contributed by atoms with Crippen LogP contribution in [0.3, 0.4) is 0 Å². The number of urea groups is 1. The van der Waals surface area contributed by atoms with Gasteiger partial charge in [0.2, 0.25) is 0 Å². The third-order valence-corrected chi connectivity index (χ3v) is 3.72. The van der Waals surface area contributed by atoms with Crippen LogP contribution in [-0.4, -0.2) is 12.6 Å². The van der Waals surface area contributed by atoms with Gasteiger partial charge < -0.3 is 10.6 Å². The van der Waals surface area contributed by atoms with Gasteiger partial charge >= 0.3 is 6.03 Å². The lowest BCUT2D eigenvalue weighted by molar-refractivity contribution is 0.252. The molecule has 0 saturated carbocycles. The first-order valence-electron chi connectivity index (χ1n) is 6.97. The fraction of sp³-hybridized carbons (Fsp3) is 0.312. The van der Waals surface area contributed by atoms with E-state index in [0.29, 0.717) is 0 Å². The van der Waals surface area contributed by atoms with E-state index in [1.165, 1.54) is 5.56 Å². The number of hydrogen-bond donors (Lipinski definition) is 2. The standard InChI is InChI=1S/C16H20N2OS/c1-2-3-4-9-17-16(19)18-15-7-5-6-13(11-15)14-8-10-20-12-14/h5-8,10-12H,2-4,9H2,1H3,(H2,17,18,19). The zero-order chi connectivity index (χ0) is 14.2. The van der Waals surface area contributed by atoms with Crippen LogP contribution in [-0.2, 0) is 0 Å². The van der Waals surface area contributed by atoms with Crippen molar-refractivity contribution in [3.63, 3.8) is 0 Å². The SMILES string of the molecule is CCCCCNC(=O)Nc1cccc(-c2ccsc2)c1. The molecule has 0 saturated heterocycles. The molecule has 2 amide bonds. The van der Waals surface area contributed by atoms with Gasteiger partial charge in [0.15, 0.2) is 0 Å². The van der Waals surface area contributed by atoms with E-state index in [-0.39, 0.29) is 6.03 Å². The van der Waals surface area contributed by atoms with Crippen LogP contribution in [0, 0.1) is 0 Å². The van der Waals surface area contributed by atoms with Crippen LogP contribution in [0.2, 0.25) is 0 Å². The Kier molecular flexibility index (Phi) is 5.62. The number of rotatable bonds is 6. The van der Waals surface area contributed by atoms with Crippen molar-refractivity contribution in [3.8, 4) is 11.1 Å². The summed E-state index contributed by atoms with van der Waals surface area (Å²) in [6.07, 6.45) is 3.33. The lowest BCUT2D eigenvalue weighted by atomic mass is 10.1. The Morgan fingerprint density at radius 1 is 1.20 bits per heavy atom. The van der Waals surface area contributed by atoms with E-state index in [4.69, 9.17) is 0 Å². The lowest BCUT2D eigenvalue weighted by Crippen LogP contribution is -2.29. The Morgan fingerprint density at radius 2 is 2.10 bits per heavy atom. The van der Waals surface area contributed by atoms with Crippen molar-refractivity contribution >= 4 is 23.1 Å². The predicted octanol–water partition coefficient (Wildman–Crippen LogP) is 4.73. The summed E-state index contributed by atoms with van der Waals surface area (Å²) in [5.41, 5.74) is 3.12. The summed E-state index contributed by atoms with van der Waals surface area (Å²) in [6, 6.07) is 9.85. The molecule has 2 aromatic rings. The third-order valence-electron chi connectivity index (χ3n) is 3.04. The zero-order valence-electron chi connectivity index (χ0n) is 11.7. The highest BCUT2D eigenvalue weighted by Gasteiger charge is 2.03. The number of hydrogen-bond acceptors (Lipinski definition) is 2. The van der Waals surface area contributed by atoms with Crippen LogP contribution in [0.5, 0.6) is 0 Å². The average Bonchev–Trinajstić information content (AvgIpc) is 2.98. The van der Waals surface area contributed by atoms with E-state index in [1.807, 2.05) is 24.3 Å². The number of nitrogens with one attached hydrogen (secondary N) is 2. The molecule has 1 aromatic heterocycles. The number of benzene rings is 1. The highest BCUT2D eigenvalue weighted by atomic mass is 32.1. The molecular weight excluding hydrogens is 268 g/mol. The van der Waals surface area contributed by atoms with E-state index < -0.39 is 0 Å². The van der Waals surface area contributed by atoms with Crippen molar-refractivity contribution in [2.75, 3.05) is 11.9 Å². The van der Waals surface area contributed by atoms with Crippen molar-refractivity contribution in [2.24, 2.45) is 0 Å². The second-order valence-electron chi connectivity index (χ2n) is 4.68. The fourth-order valence-electron chi connectivity index (χ4n) is 1.96. The molecule has 1 heterocycles. The number of amides is 2. The zero-order valence-corrected chi connectivity index (χ0v) is 12.5. The lowest BCUT2D eigenvalue weighted by Gasteiger charge is -2.08. The Labute approximate surface area is 124 Å². The first-order valence-corrected chi connectivity index (χ1v) is 7.91. The largest absolute Gasteiger partial charge is 0.338 e. The van der Waals surface area contributed by atoms with Gasteiger partial charge in [0.25, 0.3) is 0 Å². The molecule has 0 aliphatic rings. The number of unbranched alkanes of at least 4 members (excludes halogenated alkanes) is 2. The molecule has 106 valence electrons. The number of carbonyl (C=O) groups is 1. The van der Waals surface area contributed by atoms with E-state index in [1.54, 1.807) is 11.3 Å². The van der Waals surface area contributed by atoms with Gasteiger partial charge in [0.1, 0.15) is 0 Å². The van der Waals surface area contributed by atoms with Gasteiger partial charge in [-0.2, -0.15) is 11.3 Å². The van der Waals surface area contributed by atoms with E-state index in [0.717, 1.165) is 37.1 Å².